The minimum absolute atomic E-state index is 0.0578. The van der Waals surface area contributed by atoms with Gasteiger partial charge in [0.15, 0.2) is 5.69 Å². The van der Waals surface area contributed by atoms with E-state index in [-0.39, 0.29) is 17.3 Å². The van der Waals surface area contributed by atoms with E-state index in [9.17, 15) is 13.2 Å². The summed E-state index contributed by atoms with van der Waals surface area (Å²) in [6.45, 7) is 7.04. The molecule has 0 aliphatic carbocycles. The van der Waals surface area contributed by atoms with Crippen molar-refractivity contribution in [2.45, 2.75) is 45.1 Å². The van der Waals surface area contributed by atoms with E-state index in [0.29, 0.717) is 0 Å². The Hall–Kier alpha value is -2.14. The Bertz CT molecular complexity index is 807. The van der Waals surface area contributed by atoms with Crippen LogP contribution < -0.4 is 10.2 Å². The molecular formula is C15H18BF3N4O3. The molecule has 2 aromatic heterocycles. The highest BCUT2D eigenvalue weighted by molar-refractivity contribution is 6.62. The van der Waals surface area contributed by atoms with Gasteiger partial charge in [-0.3, -0.25) is 0 Å². The monoisotopic (exact) mass is 370 g/mol. The van der Waals surface area contributed by atoms with Gasteiger partial charge in [0, 0.05) is 23.9 Å². The minimum Gasteiger partial charge on any atom is -0.481 e. The van der Waals surface area contributed by atoms with E-state index in [1.54, 1.807) is 27.7 Å². The van der Waals surface area contributed by atoms with Crippen LogP contribution in [0.2, 0.25) is 0 Å². The lowest BCUT2D eigenvalue weighted by molar-refractivity contribution is -0.140. The van der Waals surface area contributed by atoms with Gasteiger partial charge in [-0.25, -0.2) is 9.67 Å². The fraction of sp³-hybridized carbons (Fsp3) is 0.533. The average molecular weight is 370 g/mol. The number of aromatic nitrogens is 4. The number of alkyl halides is 3. The van der Waals surface area contributed by atoms with Crippen LogP contribution >= 0.6 is 0 Å². The van der Waals surface area contributed by atoms with Gasteiger partial charge in [-0.1, -0.05) is 0 Å². The number of hydrogen-bond donors (Lipinski definition) is 0. The first kappa shape index (κ1) is 18.6. The Balaban J connectivity index is 2.07. The zero-order valence-electron chi connectivity index (χ0n) is 15.0. The molecule has 0 saturated carbocycles. The molecule has 11 heteroatoms. The maximum Gasteiger partial charge on any atom is 0.498 e. The molecule has 1 aliphatic heterocycles. The Labute approximate surface area is 148 Å². The van der Waals surface area contributed by atoms with Crippen molar-refractivity contribution >= 4 is 12.6 Å². The summed E-state index contributed by atoms with van der Waals surface area (Å²) in [7, 11) is 0.183. The van der Waals surface area contributed by atoms with Crippen LogP contribution in [-0.2, 0) is 15.5 Å². The van der Waals surface area contributed by atoms with E-state index in [2.05, 4.69) is 15.1 Å². The highest BCUT2D eigenvalue weighted by Crippen LogP contribution is 2.38. The van der Waals surface area contributed by atoms with E-state index in [1.165, 1.54) is 25.6 Å². The topological polar surface area (TPSA) is 71.3 Å². The molecule has 0 N–H and O–H groups in total. The summed E-state index contributed by atoms with van der Waals surface area (Å²) in [6.07, 6.45) is -2.16. The third-order valence-corrected chi connectivity index (χ3v) is 4.55. The SMILES string of the molecule is COc1ccnc(-n2cc(B3OC(C)(C)C(C)(C)O3)c(C(F)(F)F)n2)n1. The van der Waals surface area contributed by atoms with Crippen LogP contribution in [0.25, 0.3) is 5.95 Å². The molecule has 1 aliphatic rings. The van der Waals surface area contributed by atoms with Crippen molar-refractivity contribution in [2.75, 3.05) is 7.11 Å². The first-order chi connectivity index (χ1) is 11.9. The number of methoxy groups -OCH3 is 1. The van der Waals surface area contributed by atoms with Crippen molar-refractivity contribution in [1.29, 1.82) is 0 Å². The van der Waals surface area contributed by atoms with Gasteiger partial charge >= 0.3 is 13.3 Å². The molecule has 3 rings (SSSR count). The smallest absolute Gasteiger partial charge is 0.481 e. The van der Waals surface area contributed by atoms with Crippen LogP contribution in [0.4, 0.5) is 13.2 Å². The molecule has 3 heterocycles. The Morgan fingerprint density at radius 3 is 2.31 bits per heavy atom. The van der Waals surface area contributed by atoms with E-state index >= 15 is 0 Å². The molecular weight excluding hydrogens is 352 g/mol. The van der Waals surface area contributed by atoms with Crippen molar-refractivity contribution in [3.63, 3.8) is 0 Å². The first-order valence-corrected chi connectivity index (χ1v) is 7.84. The summed E-state index contributed by atoms with van der Waals surface area (Å²) in [6, 6.07) is 1.48. The number of rotatable bonds is 3. The van der Waals surface area contributed by atoms with Crippen LogP contribution in [0.15, 0.2) is 18.5 Å². The number of nitrogens with zero attached hydrogens (tertiary/aromatic N) is 4. The molecule has 0 bridgehead atoms. The van der Waals surface area contributed by atoms with Crippen LogP contribution in [0, 0.1) is 0 Å². The lowest BCUT2D eigenvalue weighted by Gasteiger charge is -2.32. The van der Waals surface area contributed by atoms with E-state index in [0.717, 1.165) is 4.68 Å². The highest BCUT2D eigenvalue weighted by atomic mass is 19.4. The first-order valence-electron chi connectivity index (χ1n) is 7.84. The standard InChI is InChI=1S/C15H18BF3N4O3/c1-13(2)14(3,4)26-16(25-13)9-8-23(22-11(9)15(17,18)19)12-20-7-6-10(21-12)24-5/h6-8H,1-5H3. The van der Waals surface area contributed by atoms with Gasteiger partial charge in [0.05, 0.1) is 18.3 Å². The second-order valence-corrected chi connectivity index (χ2v) is 6.86. The minimum atomic E-state index is -4.69. The van der Waals surface area contributed by atoms with Crippen molar-refractivity contribution in [3.8, 4) is 11.8 Å². The van der Waals surface area contributed by atoms with Gasteiger partial charge in [-0.05, 0) is 27.7 Å². The largest absolute Gasteiger partial charge is 0.498 e. The van der Waals surface area contributed by atoms with Gasteiger partial charge in [0.25, 0.3) is 5.95 Å². The molecule has 26 heavy (non-hydrogen) atoms. The Kier molecular flexibility index (Phi) is 4.27. The summed E-state index contributed by atoms with van der Waals surface area (Å²) in [5, 5.41) is 3.62. The lowest BCUT2D eigenvalue weighted by atomic mass is 9.79. The highest BCUT2D eigenvalue weighted by Gasteiger charge is 2.54. The van der Waals surface area contributed by atoms with Crippen molar-refractivity contribution < 1.29 is 27.2 Å². The zero-order chi connectivity index (χ0) is 19.3. The Morgan fingerprint density at radius 1 is 1.15 bits per heavy atom. The lowest BCUT2D eigenvalue weighted by Crippen LogP contribution is -2.41. The summed E-state index contributed by atoms with van der Waals surface area (Å²) < 4.78 is 57.9. The second-order valence-electron chi connectivity index (χ2n) is 6.86. The molecule has 2 aromatic rings. The van der Waals surface area contributed by atoms with Crippen LogP contribution in [0.5, 0.6) is 5.88 Å². The van der Waals surface area contributed by atoms with E-state index < -0.39 is 30.2 Å². The molecule has 0 aromatic carbocycles. The third-order valence-electron chi connectivity index (χ3n) is 4.55. The van der Waals surface area contributed by atoms with Gasteiger partial charge in [0.2, 0.25) is 5.88 Å². The molecule has 0 spiro atoms. The normalized spacial score (nSPS) is 19.0. The molecule has 0 amide bonds. The summed E-state index contributed by atoms with van der Waals surface area (Å²) >= 11 is 0. The van der Waals surface area contributed by atoms with Crippen molar-refractivity contribution in [1.82, 2.24) is 19.7 Å². The predicted octanol–water partition coefficient (Wildman–Crippen LogP) is 1.99. The molecule has 0 unspecified atom stereocenters. The molecule has 1 saturated heterocycles. The van der Waals surface area contributed by atoms with Crippen LogP contribution in [-0.4, -0.2) is 45.2 Å². The van der Waals surface area contributed by atoms with Gasteiger partial charge in [-0.2, -0.15) is 23.3 Å². The number of halogens is 3. The Morgan fingerprint density at radius 2 is 1.77 bits per heavy atom. The molecule has 7 nitrogen and oxygen atoms in total. The van der Waals surface area contributed by atoms with Crippen LogP contribution in [0.3, 0.4) is 0 Å². The summed E-state index contributed by atoms with van der Waals surface area (Å²) in [5.74, 6) is 0.147. The fourth-order valence-corrected chi connectivity index (χ4v) is 2.41. The number of ether oxygens (including phenoxy) is 1. The fourth-order valence-electron chi connectivity index (χ4n) is 2.41. The zero-order valence-corrected chi connectivity index (χ0v) is 15.0. The molecule has 0 atom stereocenters. The van der Waals surface area contributed by atoms with E-state index in [4.69, 9.17) is 14.0 Å². The average Bonchev–Trinajstić information content (AvgIpc) is 3.07. The second kappa shape index (κ2) is 5.95. The van der Waals surface area contributed by atoms with E-state index in [1.807, 2.05) is 0 Å². The van der Waals surface area contributed by atoms with Gasteiger partial charge in [0.1, 0.15) is 0 Å². The predicted molar refractivity (Wildman–Crippen MR) is 86.4 cm³/mol. The molecule has 140 valence electrons. The third kappa shape index (κ3) is 3.16. The van der Waals surface area contributed by atoms with Gasteiger partial charge in [-0.15, -0.1) is 0 Å². The van der Waals surface area contributed by atoms with Gasteiger partial charge < -0.3 is 14.0 Å². The summed E-state index contributed by atoms with van der Waals surface area (Å²) in [5.41, 5.74) is -2.91. The quantitative estimate of drug-likeness (QED) is 0.770. The number of hydrogen-bond acceptors (Lipinski definition) is 6. The maximum absolute atomic E-state index is 13.5. The maximum atomic E-state index is 13.5. The summed E-state index contributed by atoms with van der Waals surface area (Å²) in [4.78, 5) is 7.94. The van der Waals surface area contributed by atoms with Crippen molar-refractivity contribution in [2.24, 2.45) is 0 Å². The van der Waals surface area contributed by atoms with Crippen LogP contribution in [0.1, 0.15) is 33.4 Å². The molecule has 1 fully saturated rings. The van der Waals surface area contributed by atoms with Crippen molar-refractivity contribution in [3.05, 3.63) is 24.2 Å². The molecule has 0 radical (unpaired) electrons.